The van der Waals surface area contributed by atoms with Crippen LogP contribution >= 0.6 is 0 Å². The Morgan fingerprint density at radius 1 is 1.20 bits per heavy atom. The molecule has 0 bridgehead atoms. The fourth-order valence-electron chi connectivity index (χ4n) is 2.07. The molecule has 0 spiro atoms. The predicted molar refractivity (Wildman–Crippen MR) is 72.7 cm³/mol. The molecule has 20 heavy (non-hydrogen) atoms. The summed E-state index contributed by atoms with van der Waals surface area (Å²) in [6, 6.07) is 5.74. The Balaban J connectivity index is 2.42. The van der Waals surface area contributed by atoms with Crippen molar-refractivity contribution in [3.63, 3.8) is 0 Å². The van der Waals surface area contributed by atoms with Crippen LogP contribution < -0.4 is 10.1 Å². The van der Waals surface area contributed by atoms with E-state index in [1.165, 1.54) is 19.2 Å². The van der Waals surface area contributed by atoms with Gasteiger partial charge in [0.1, 0.15) is 5.82 Å². The molecule has 0 saturated heterocycles. The summed E-state index contributed by atoms with van der Waals surface area (Å²) in [5.74, 6) is -0.668. The summed E-state index contributed by atoms with van der Waals surface area (Å²) in [5, 5.41) is 3.23. The van der Waals surface area contributed by atoms with Crippen LogP contribution in [0, 0.1) is 11.6 Å². The molecule has 0 radical (unpaired) electrons. The van der Waals surface area contributed by atoms with Crippen molar-refractivity contribution < 1.29 is 13.5 Å². The van der Waals surface area contributed by atoms with Gasteiger partial charge in [0.05, 0.1) is 19.3 Å². The van der Waals surface area contributed by atoms with Crippen molar-refractivity contribution in [2.24, 2.45) is 0 Å². The highest BCUT2D eigenvalue weighted by atomic mass is 19.1. The normalized spacial score (nSPS) is 12.2. The SMILES string of the molecule is CCNC(c1cncc(F)c1)c1ccc(F)c(OC)c1. The molecule has 1 aromatic carbocycles. The van der Waals surface area contributed by atoms with Crippen LogP contribution in [0.5, 0.6) is 5.75 Å². The number of methoxy groups -OCH3 is 1. The minimum absolute atomic E-state index is 0.162. The molecule has 1 N–H and O–H groups in total. The van der Waals surface area contributed by atoms with E-state index in [2.05, 4.69) is 10.3 Å². The zero-order valence-electron chi connectivity index (χ0n) is 11.4. The van der Waals surface area contributed by atoms with Crippen LogP contribution in [0.3, 0.4) is 0 Å². The second-order valence-corrected chi connectivity index (χ2v) is 4.32. The summed E-state index contributed by atoms with van der Waals surface area (Å²) in [5.41, 5.74) is 1.47. The van der Waals surface area contributed by atoms with Gasteiger partial charge in [0, 0.05) is 6.20 Å². The van der Waals surface area contributed by atoms with Gasteiger partial charge >= 0.3 is 0 Å². The Labute approximate surface area is 116 Å². The van der Waals surface area contributed by atoms with Crippen molar-refractivity contribution in [2.45, 2.75) is 13.0 Å². The van der Waals surface area contributed by atoms with Crippen LogP contribution in [-0.2, 0) is 0 Å². The Morgan fingerprint density at radius 2 is 2.00 bits per heavy atom. The smallest absolute Gasteiger partial charge is 0.165 e. The summed E-state index contributed by atoms with van der Waals surface area (Å²) in [6.45, 7) is 2.63. The number of halogens is 2. The first-order valence-electron chi connectivity index (χ1n) is 6.33. The second kappa shape index (κ2) is 6.43. The molecule has 5 heteroatoms. The van der Waals surface area contributed by atoms with Gasteiger partial charge in [0.2, 0.25) is 0 Å². The van der Waals surface area contributed by atoms with Crippen LogP contribution in [0.2, 0.25) is 0 Å². The molecule has 2 aromatic rings. The van der Waals surface area contributed by atoms with Gasteiger partial charge < -0.3 is 10.1 Å². The minimum atomic E-state index is -0.427. The molecule has 0 aliphatic carbocycles. The van der Waals surface area contributed by atoms with E-state index in [1.807, 2.05) is 6.92 Å². The third-order valence-electron chi connectivity index (χ3n) is 2.98. The molecule has 0 saturated carbocycles. The maximum Gasteiger partial charge on any atom is 0.165 e. The average molecular weight is 278 g/mol. The number of benzene rings is 1. The van der Waals surface area contributed by atoms with E-state index in [4.69, 9.17) is 4.74 Å². The summed E-state index contributed by atoms with van der Waals surface area (Å²) in [7, 11) is 1.41. The van der Waals surface area contributed by atoms with E-state index < -0.39 is 11.6 Å². The number of hydrogen-bond acceptors (Lipinski definition) is 3. The monoisotopic (exact) mass is 278 g/mol. The summed E-state index contributed by atoms with van der Waals surface area (Å²) < 4.78 is 31.8. The number of nitrogens with zero attached hydrogens (tertiary/aromatic N) is 1. The summed E-state index contributed by atoms with van der Waals surface area (Å²) in [4.78, 5) is 3.85. The van der Waals surface area contributed by atoms with Gasteiger partial charge in [-0.05, 0) is 35.9 Å². The van der Waals surface area contributed by atoms with Crippen LogP contribution in [-0.4, -0.2) is 18.6 Å². The van der Waals surface area contributed by atoms with E-state index in [-0.39, 0.29) is 11.8 Å². The van der Waals surface area contributed by atoms with E-state index in [0.29, 0.717) is 12.1 Å². The standard InChI is InChI=1S/C15H16F2N2O/c1-3-19-15(11-6-12(16)9-18-8-11)10-4-5-13(17)14(7-10)20-2/h4-9,15,19H,3H2,1-2H3. The third-order valence-corrected chi connectivity index (χ3v) is 2.98. The van der Waals surface area contributed by atoms with E-state index in [1.54, 1.807) is 18.3 Å². The van der Waals surface area contributed by atoms with Gasteiger partial charge in [-0.2, -0.15) is 0 Å². The second-order valence-electron chi connectivity index (χ2n) is 4.32. The van der Waals surface area contributed by atoms with Crippen LogP contribution in [0.1, 0.15) is 24.1 Å². The van der Waals surface area contributed by atoms with Crippen molar-refractivity contribution >= 4 is 0 Å². The predicted octanol–water partition coefficient (Wildman–Crippen LogP) is 3.07. The lowest BCUT2D eigenvalue weighted by molar-refractivity contribution is 0.385. The Hall–Kier alpha value is -2.01. The summed E-state index contributed by atoms with van der Waals surface area (Å²) >= 11 is 0. The topological polar surface area (TPSA) is 34.2 Å². The lowest BCUT2D eigenvalue weighted by Crippen LogP contribution is -2.22. The average Bonchev–Trinajstić information content (AvgIpc) is 2.45. The first-order valence-corrected chi connectivity index (χ1v) is 6.33. The summed E-state index contributed by atoms with van der Waals surface area (Å²) in [6.07, 6.45) is 2.74. The van der Waals surface area contributed by atoms with Gasteiger partial charge in [-0.15, -0.1) is 0 Å². The third kappa shape index (κ3) is 3.11. The zero-order chi connectivity index (χ0) is 14.5. The van der Waals surface area contributed by atoms with Crippen LogP contribution in [0.4, 0.5) is 8.78 Å². The minimum Gasteiger partial charge on any atom is -0.494 e. The molecular formula is C15H16F2N2O. The lowest BCUT2D eigenvalue weighted by Gasteiger charge is -2.19. The van der Waals surface area contributed by atoms with Crippen molar-refractivity contribution in [2.75, 3.05) is 13.7 Å². The molecule has 2 rings (SSSR count). The van der Waals surface area contributed by atoms with Crippen LogP contribution in [0.25, 0.3) is 0 Å². The molecule has 1 heterocycles. The van der Waals surface area contributed by atoms with Crippen molar-refractivity contribution in [3.8, 4) is 5.75 Å². The molecule has 0 aliphatic heterocycles. The van der Waals surface area contributed by atoms with Crippen molar-refractivity contribution in [1.29, 1.82) is 0 Å². The van der Waals surface area contributed by atoms with E-state index >= 15 is 0 Å². The lowest BCUT2D eigenvalue weighted by atomic mass is 9.99. The number of ether oxygens (including phenoxy) is 1. The van der Waals surface area contributed by atoms with Crippen molar-refractivity contribution in [1.82, 2.24) is 10.3 Å². The molecule has 0 fully saturated rings. The number of hydrogen-bond donors (Lipinski definition) is 1. The zero-order valence-corrected chi connectivity index (χ0v) is 11.4. The maximum atomic E-state index is 13.5. The number of pyridine rings is 1. The highest BCUT2D eigenvalue weighted by Crippen LogP contribution is 2.27. The van der Waals surface area contributed by atoms with E-state index in [9.17, 15) is 8.78 Å². The van der Waals surface area contributed by atoms with Gasteiger partial charge in [-0.1, -0.05) is 13.0 Å². The Kier molecular flexibility index (Phi) is 4.63. The van der Waals surface area contributed by atoms with E-state index in [0.717, 1.165) is 11.8 Å². The fraction of sp³-hybridized carbons (Fsp3) is 0.267. The van der Waals surface area contributed by atoms with Crippen LogP contribution in [0.15, 0.2) is 36.7 Å². The number of nitrogens with one attached hydrogen (secondary N) is 1. The Bertz CT molecular complexity index is 590. The molecule has 0 amide bonds. The van der Waals surface area contributed by atoms with Gasteiger partial charge in [-0.3, -0.25) is 4.98 Å². The number of aromatic nitrogens is 1. The highest BCUT2D eigenvalue weighted by Gasteiger charge is 2.16. The Morgan fingerprint density at radius 3 is 2.65 bits per heavy atom. The molecule has 1 aromatic heterocycles. The first-order chi connectivity index (χ1) is 9.65. The van der Waals surface area contributed by atoms with Crippen molar-refractivity contribution in [3.05, 3.63) is 59.4 Å². The highest BCUT2D eigenvalue weighted by molar-refractivity contribution is 5.37. The molecule has 3 nitrogen and oxygen atoms in total. The van der Waals surface area contributed by atoms with Gasteiger partial charge in [-0.25, -0.2) is 8.78 Å². The molecule has 1 atom stereocenters. The van der Waals surface area contributed by atoms with Gasteiger partial charge in [0.15, 0.2) is 11.6 Å². The van der Waals surface area contributed by atoms with Gasteiger partial charge in [0.25, 0.3) is 0 Å². The fourth-order valence-corrected chi connectivity index (χ4v) is 2.07. The first kappa shape index (κ1) is 14.4. The largest absolute Gasteiger partial charge is 0.494 e. The maximum absolute atomic E-state index is 13.5. The quantitative estimate of drug-likeness (QED) is 0.912. The number of rotatable bonds is 5. The molecule has 1 unspecified atom stereocenters. The molecule has 0 aliphatic rings. The molecule has 106 valence electrons. The molecular weight excluding hydrogens is 262 g/mol.